The summed E-state index contributed by atoms with van der Waals surface area (Å²) in [7, 11) is 0. The maximum atomic E-state index is 13.7. The Bertz CT molecular complexity index is 913. The molecule has 0 unspecified atom stereocenters. The number of anilines is 2. The Morgan fingerprint density at radius 3 is 2.60 bits per heavy atom. The molecule has 0 aliphatic rings. The number of hydrogen-bond donors (Lipinski definition) is 2. The second-order valence-corrected chi connectivity index (χ2v) is 6.04. The number of nitrogens with zero attached hydrogens (tertiary/aromatic N) is 2. The Balaban J connectivity index is 1.61. The third kappa shape index (κ3) is 4.52. The first kappa shape index (κ1) is 17.3. The lowest BCUT2D eigenvalue weighted by Gasteiger charge is -2.09. The number of hydrogen-bond acceptors (Lipinski definition) is 2. The zero-order valence-corrected chi connectivity index (χ0v) is 14.4. The van der Waals surface area contributed by atoms with Crippen molar-refractivity contribution in [3.8, 4) is 0 Å². The van der Waals surface area contributed by atoms with Gasteiger partial charge >= 0.3 is 0 Å². The maximum Gasteiger partial charge on any atom is 0.175 e. The van der Waals surface area contributed by atoms with E-state index in [1.165, 1.54) is 24.3 Å². The smallest absolute Gasteiger partial charge is 0.175 e. The highest BCUT2D eigenvalue weighted by molar-refractivity contribution is 7.80. The van der Waals surface area contributed by atoms with Gasteiger partial charge in [-0.1, -0.05) is 29.8 Å². The van der Waals surface area contributed by atoms with Gasteiger partial charge in [-0.25, -0.2) is 8.78 Å². The Morgan fingerprint density at radius 2 is 1.84 bits per heavy atom. The van der Waals surface area contributed by atoms with Gasteiger partial charge in [-0.2, -0.15) is 5.10 Å². The van der Waals surface area contributed by atoms with Crippen LogP contribution in [0.2, 0.25) is 5.02 Å². The lowest BCUT2D eigenvalue weighted by molar-refractivity contribution is 0.585. The lowest BCUT2D eigenvalue weighted by Crippen LogP contribution is -2.18. The van der Waals surface area contributed by atoms with Crippen LogP contribution in [0.25, 0.3) is 0 Å². The molecule has 1 heterocycles. The molecule has 2 N–H and O–H groups in total. The van der Waals surface area contributed by atoms with Crippen LogP contribution in [0.5, 0.6) is 0 Å². The molecule has 25 heavy (non-hydrogen) atoms. The van der Waals surface area contributed by atoms with Crippen LogP contribution in [0, 0.1) is 11.6 Å². The number of aromatic nitrogens is 2. The zero-order valence-electron chi connectivity index (χ0n) is 12.8. The first-order chi connectivity index (χ1) is 12.0. The molecule has 0 saturated heterocycles. The van der Waals surface area contributed by atoms with Crippen molar-refractivity contribution in [1.29, 1.82) is 0 Å². The van der Waals surface area contributed by atoms with Crippen LogP contribution in [0.4, 0.5) is 20.2 Å². The van der Waals surface area contributed by atoms with Crippen LogP contribution in [0.1, 0.15) is 5.56 Å². The molecule has 3 rings (SSSR count). The molecule has 128 valence electrons. The van der Waals surface area contributed by atoms with Gasteiger partial charge in [0.2, 0.25) is 0 Å². The summed E-state index contributed by atoms with van der Waals surface area (Å²) in [6.07, 6.45) is 3.28. The van der Waals surface area contributed by atoms with Crippen molar-refractivity contribution in [2.45, 2.75) is 6.54 Å². The Kier molecular flexibility index (Phi) is 5.25. The Labute approximate surface area is 153 Å². The highest BCUT2D eigenvalue weighted by Gasteiger charge is 2.06. The fourth-order valence-electron chi connectivity index (χ4n) is 2.18. The number of benzene rings is 2. The van der Waals surface area contributed by atoms with Gasteiger partial charge in [0.15, 0.2) is 5.11 Å². The van der Waals surface area contributed by atoms with Crippen molar-refractivity contribution < 1.29 is 8.78 Å². The molecule has 0 bridgehead atoms. The molecular weight excluding hydrogens is 366 g/mol. The van der Waals surface area contributed by atoms with E-state index in [9.17, 15) is 8.78 Å². The zero-order chi connectivity index (χ0) is 17.8. The normalized spacial score (nSPS) is 10.5. The minimum Gasteiger partial charge on any atom is -0.332 e. The molecule has 3 aromatic rings. The van der Waals surface area contributed by atoms with E-state index < -0.39 is 5.82 Å². The summed E-state index contributed by atoms with van der Waals surface area (Å²) >= 11 is 10.9. The summed E-state index contributed by atoms with van der Waals surface area (Å²) < 4.78 is 28.4. The number of nitrogens with one attached hydrogen (secondary N) is 2. The van der Waals surface area contributed by atoms with Crippen LogP contribution < -0.4 is 10.6 Å². The predicted octanol–water partition coefficient (Wildman–Crippen LogP) is 4.67. The van der Waals surface area contributed by atoms with Crippen molar-refractivity contribution in [3.63, 3.8) is 0 Å². The quantitative estimate of drug-likeness (QED) is 0.647. The molecule has 1 aromatic heterocycles. The van der Waals surface area contributed by atoms with Gasteiger partial charge in [0.25, 0.3) is 0 Å². The van der Waals surface area contributed by atoms with E-state index in [2.05, 4.69) is 15.7 Å². The van der Waals surface area contributed by atoms with E-state index in [4.69, 9.17) is 23.8 Å². The van der Waals surface area contributed by atoms with Crippen molar-refractivity contribution in [1.82, 2.24) is 9.78 Å². The average Bonchev–Trinajstić information content (AvgIpc) is 3.00. The van der Waals surface area contributed by atoms with E-state index in [0.29, 0.717) is 28.6 Å². The first-order valence-corrected chi connectivity index (χ1v) is 8.09. The van der Waals surface area contributed by atoms with Gasteiger partial charge in [-0.05, 0) is 36.5 Å². The summed E-state index contributed by atoms with van der Waals surface area (Å²) in [5.74, 6) is -0.779. The minimum atomic E-state index is -0.500. The van der Waals surface area contributed by atoms with Gasteiger partial charge < -0.3 is 10.6 Å². The standard InChI is InChI=1S/C17H13ClF2N4S/c18-14-7-12(5-6-16(14)20)22-17(25)23-13-8-21-24(10-13)9-11-3-1-2-4-15(11)19/h1-8,10H,9H2,(H2,22,23,25). The fourth-order valence-corrected chi connectivity index (χ4v) is 2.60. The van der Waals surface area contributed by atoms with Crippen molar-refractivity contribution in [3.05, 3.63) is 77.1 Å². The molecule has 0 fully saturated rings. The lowest BCUT2D eigenvalue weighted by atomic mass is 10.2. The predicted molar refractivity (Wildman–Crippen MR) is 99.0 cm³/mol. The van der Waals surface area contributed by atoms with Crippen molar-refractivity contribution in [2.75, 3.05) is 10.6 Å². The van der Waals surface area contributed by atoms with Gasteiger partial charge in [-0.3, -0.25) is 4.68 Å². The fraction of sp³-hybridized carbons (Fsp3) is 0.0588. The molecule has 0 amide bonds. The van der Waals surface area contributed by atoms with E-state index in [0.717, 1.165) is 0 Å². The van der Waals surface area contributed by atoms with Crippen molar-refractivity contribution >= 4 is 40.3 Å². The minimum absolute atomic E-state index is 0.00510. The Morgan fingerprint density at radius 1 is 1.08 bits per heavy atom. The Hall–Kier alpha value is -2.51. The van der Waals surface area contributed by atoms with Crippen LogP contribution >= 0.6 is 23.8 Å². The molecule has 0 spiro atoms. The summed E-state index contributed by atoms with van der Waals surface area (Å²) in [6, 6.07) is 10.7. The van der Waals surface area contributed by atoms with Gasteiger partial charge in [0, 0.05) is 17.4 Å². The molecular formula is C17H13ClF2N4S. The van der Waals surface area contributed by atoms with Crippen LogP contribution in [0.15, 0.2) is 54.9 Å². The molecule has 0 atom stereocenters. The van der Waals surface area contributed by atoms with E-state index >= 15 is 0 Å². The summed E-state index contributed by atoms with van der Waals surface area (Å²) in [6.45, 7) is 0.308. The molecule has 4 nitrogen and oxygen atoms in total. The first-order valence-electron chi connectivity index (χ1n) is 7.30. The van der Waals surface area contributed by atoms with E-state index in [-0.39, 0.29) is 10.8 Å². The van der Waals surface area contributed by atoms with Crippen molar-refractivity contribution in [2.24, 2.45) is 0 Å². The van der Waals surface area contributed by atoms with E-state index in [1.54, 1.807) is 35.3 Å². The number of rotatable bonds is 4. The topological polar surface area (TPSA) is 41.9 Å². The summed E-state index contributed by atoms with van der Waals surface area (Å²) in [4.78, 5) is 0. The molecule has 0 aliphatic heterocycles. The number of halogens is 3. The van der Waals surface area contributed by atoms with Gasteiger partial charge in [0.1, 0.15) is 11.6 Å². The highest BCUT2D eigenvalue weighted by Crippen LogP contribution is 2.19. The monoisotopic (exact) mass is 378 g/mol. The summed E-state index contributed by atoms with van der Waals surface area (Å²) in [5.41, 5.74) is 1.74. The van der Waals surface area contributed by atoms with Gasteiger partial charge in [0.05, 0.1) is 23.5 Å². The van der Waals surface area contributed by atoms with E-state index in [1.807, 2.05) is 0 Å². The molecule has 0 saturated carbocycles. The van der Waals surface area contributed by atoms with Gasteiger partial charge in [-0.15, -0.1) is 0 Å². The molecule has 2 aromatic carbocycles. The maximum absolute atomic E-state index is 13.7. The molecule has 0 radical (unpaired) electrons. The third-order valence-electron chi connectivity index (χ3n) is 3.36. The van der Waals surface area contributed by atoms with Crippen LogP contribution in [-0.2, 0) is 6.54 Å². The SMILES string of the molecule is Fc1ccc(NC(=S)Nc2cnn(Cc3ccccc3F)c2)cc1Cl. The third-order valence-corrected chi connectivity index (χ3v) is 3.85. The summed E-state index contributed by atoms with van der Waals surface area (Å²) in [5, 5.41) is 10.3. The average molecular weight is 379 g/mol. The second kappa shape index (κ2) is 7.58. The van der Waals surface area contributed by atoms with Crippen LogP contribution in [-0.4, -0.2) is 14.9 Å². The molecule has 8 heteroatoms. The second-order valence-electron chi connectivity index (χ2n) is 5.23. The van der Waals surface area contributed by atoms with Crippen LogP contribution in [0.3, 0.4) is 0 Å². The molecule has 0 aliphatic carbocycles. The number of thiocarbonyl (C=S) groups is 1. The highest BCUT2D eigenvalue weighted by atomic mass is 35.5. The largest absolute Gasteiger partial charge is 0.332 e.